The Morgan fingerprint density at radius 2 is 2.00 bits per heavy atom. The maximum absolute atomic E-state index is 11.4. The van der Waals surface area contributed by atoms with Crippen molar-refractivity contribution < 1.29 is 18.8 Å². The number of aryl methyl sites for hydroxylation is 2. The van der Waals surface area contributed by atoms with E-state index in [-0.39, 0.29) is 6.61 Å². The van der Waals surface area contributed by atoms with E-state index < -0.39 is 6.16 Å². The predicted octanol–water partition coefficient (Wildman–Crippen LogP) is 3.01. The molecule has 5 nitrogen and oxygen atoms in total. The Morgan fingerprint density at radius 3 is 2.61 bits per heavy atom. The van der Waals surface area contributed by atoms with Gasteiger partial charge >= 0.3 is 6.16 Å². The highest BCUT2D eigenvalue weighted by Gasteiger charge is 2.12. The van der Waals surface area contributed by atoms with Crippen LogP contribution in [0.15, 0.2) is 34.9 Å². The summed E-state index contributed by atoms with van der Waals surface area (Å²) in [7, 11) is 0. The van der Waals surface area contributed by atoms with Crippen molar-refractivity contribution in [2.45, 2.75) is 20.5 Å². The average Bonchev–Trinajstić information content (AvgIpc) is 2.68. The van der Waals surface area contributed by atoms with Gasteiger partial charge in [0, 0.05) is 0 Å². The first-order chi connectivity index (χ1) is 8.66. The molecule has 0 fully saturated rings. The van der Waals surface area contributed by atoms with Gasteiger partial charge in [-0.3, -0.25) is 0 Å². The molecule has 2 rings (SSSR count). The quantitative estimate of drug-likeness (QED) is 0.616. The molecule has 0 spiro atoms. The smallest absolute Gasteiger partial charge is 0.429 e. The lowest BCUT2D eigenvalue weighted by molar-refractivity contribution is 0.0923. The topological polar surface area (TPSA) is 61.6 Å². The van der Waals surface area contributed by atoms with E-state index in [9.17, 15) is 4.79 Å². The van der Waals surface area contributed by atoms with Crippen molar-refractivity contribution >= 4 is 6.16 Å². The molecule has 0 bridgehead atoms. The Labute approximate surface area is 104 Å². The molecule has 0 unspecified atom stereocenters. The minimum absolute atomic E-state index is 0.0901. The van der Waals surface area contributed by atoms with Gasteiger partial charge in [-0.05, 0) is 26.0 Å². The molecule has 0 amide bonds. The lowest BCUT2D eigenvalue weighted by Gasteiger charge is -2.05. The number of hydrogen-bond acceptors (Lipinski definition) is 5. The van der Waals surface area contributed by atoms with Crippen LogP contribution in [0.1, 0.15) is 17.0 Å². The van der Waals surface area contributed by atoms with Gasteiger partial charge < -0.3 is 14.0 Å². The van der Waals surface area contributed by atoms with Crippen molar-refractivity contribution in [2.24, 2.45) is 0 Å². The zero-order valence-electron chi connectivity index (χ0n) is 10.2. The summed E-state index contributed by atoms with van der Waals surface area (Å²) in [6.07, 6.45) is -0.749. The molecule has 1 aromatic carbocycles. The highest BCUT2D eigenvalue weighted by molar-refractivity contribution is 5.63. The lowest BCUT2D eigenvalue weighted by Crippen LogP contribution is -2.10. The molecule has 94 valence electrons. The molecule has 2 aromatic rings. The van der Waals surface area contributed by atoms with Gasteiger partial charge in [-0.1, -0.05) is 23.4 Å². The van der Waals surface area contributed by atoms with Gasteiger partial charge in [-0.2, -0.15) is 0 Å². The number of carbonyl (C=O) groups excluding carboxylic acids is 1. The van der Waals surface area contributed by atoms with Crippen molar-refractivity contribution in [1.29, 1.82) is 0 Å². The molecule has 0 aliphatic rings. The number of carbonyl (C=O) groups is 1. The van der Waals surface area contributed by atoms with E-state index in [2.05, 4.69) is 5.16 Å². The highest BCUT2D eigenvalue weighted by atomic mass is 16.7. The van der Waals surface area contributed by atoms with Crippen molar-refractivity contribution in [3.05, 3.63) is 47.3 Å². The normalized spacial score (nSPS) is 10.1. The zero-order valence-corrected chi connectivity index (χ0v) is 10.2. The SMILES string of the molecule is Cc1noc(C)c1COC(=O)Oc1ccccc1. The summed E-state index contributed by atoms with van der Waals surface area (Å²) >= 11 is 0. The summed E-state index contributed by atoms with van der Waals surface area (Å²) in [6.45, 7) is 3.64. The molecular weight excluding hydrogens is 234 g/mol. The molecule has 0 saturated heterocycles. The van der Waals surface area contributed by atoms with Crippen LogP contribution < -0.4 is 4.74 Å². The Balaban J connectivity index is 1.89. The van der Waals surface area contributed by atoms with Crippen LogP contribution in [0.25, 0.3) is 0 Å². The summed E-state index contributed by atoms with van der Waals surface area (Å²) in [5.41, 5.74) is 1.47. The van der Waals surface area contributed by atoms with Crippen LogP contribution in [0.4, 0.5) is 4.79 Å². The fraction of sp³-hybridized carbons (Fsp3) is 0.231. The first-order valence-electron chi connectivity index (χ1n) is 5.48. The number of ether oxygens (including phenoxy) is 2. The van der Waals surface area contributed by atoms with Crippen LogP contribution in [0.5, 0.6) is 5.75 Å². The van der Waals surface area contributed by atoms with Crippen molar-refractivity contribution in [3.8, 4) is 5.75 Å². The largest absolute Gasteiger partial charge is 0.514 e. The van der Waals surface area contributed by atoms with Crippen LogP contribution >= 0.6 is 0 Å². The maximum Gasteiger partial charge on any atom is 0.514 e. The van der Waals surface area contributed by atoms with E-state index in [0.717, 1.165) is 5.56 Å². The second kappa shape index (κ2) is 5.35. The average molecular weight is 247 g/mol. The standard InChI is InChI=1S/C13H13NO4/c1-9-12(10(2)18-14-9)8-16-13(15)17-11-6-4-3-5-7-11/h3-7H,8H2,1-2H3. The Hall–Kier alpha value is -2.30. The van der Waals surface area contributed by atoms with Gasteiger partial charge in [0.15, 0.2) is 0 Å². The number of aromatic nitrogens is 1. The number of nitrogens with zero attached hydrogens (tertiary/aromatic N) is 1. The van der Waals surface area contributed by atoms with E-state index in [1.165, 1.54) is 0 Å². The predicted molar refractivity (Wildman–Crippen MR) is 63.2 cm³/mol. The van der Waals surface area contributed by atoms with Crippen LogP contribution in [0.3, 0.4) is 0 Å². The second-order valence-electron chi connectivity index (χ2n) is 3.76. The molecule has 1 aromatic heterocycles. The number of para-hydroxylation sites is 1. The van der Waals surface area contributed by atoms with E-state index >= 15 is 0 Å². The third kappa shape index (κ3) is 2.88. The van der Waals surface area contributed by atoms with E-state index in [1.54, 1.807) is 38.1 Å². The minimum atomic E-state index is -0.749. The molecule has 0 atom stereocenters. The van der Waals surface area contributed by atoms with Gasteiger partial charge in [0.1, 0.15) is 18.1 Å². The van der Waals surface area contributed by atoms with Crippen LogP contribution in [0.2, 0.25) is 0 Å². The third-order valence-corrected chi connectivity index (χ3v) is 2.46. The fourth-order valence-corrected chi connectivity index (χ4v) is 1.45. The second-order valence-corrected chi connectivity index (χ2v) is 3.76. The molecule has 5 heteroatoms. The molecule has 0 aliphatic carbocycles. The lowest BCUT2D eigenvalue weighted by atomic mass is 10.2. The minimum Gasteiger partial charge on any atom is -0.429 e. The molecule has 0 N–H and O–H groups in total. The first kappa shape index (κ1) is 12.2. The van der Waals surface area contributed by atoms with E-state index in [4.69, 9.17) is 14.0 Å². The molecule has 18 heavy (non-hydrogen) atoms. The molecule has 0 aliphatic heterocycles. The summed E-state index contributed by atoms with van der Waals surface area (Å²) in [5, 5.41) is 3.77. The van der Waals surface area contributed by atoms with Crippen LogP contribution in [0, 0.1) is 13.8 Å². The number of hydrogen-bond donors (Lipinski definition) is 0. The van der Waals surface area contributed by atoms with E-state index in [1.807, 2.05) is 6.07 Å². The summed E-state index contributed by atoms with van der Waals surface area (Å²) in [4.78, 5) is 11.4. The van der Waals surface area contributed by atoms with Gasteiger partial charge in [0.25, 0.3) is 0 Å². The molecule has 0 saturated carbocycles. The number of rotatable bonds is 3. The number of benzene rings is 1. The Morgan fingerprint density at radius 1 is 1.28 bits per heavy atom. The van der Waals surface area contributed by atoms with Crippen molar-refractivity contribution in [2.75, 3.05) is 0 Å². The van der Waals surface area contributed by atoms with Crippen LogP contribution in [-0.4, -0.2) is 11.3 Å². The summed E-state index contributed by atoms with van der Waals surface area (Å²) < 4.78 is 14.9. The molecular formula is C13H13NO4. The maximum atomic E-state index is 11.4. The zero-order chi connectivity index (χ0) is 13.0. The van der Waals surface area contributed by atoms with Gasteiger partial charge in [-0.15, -0.1) is 0 Å². The van der Waals surface area contributed by atoms with Gasteiger partial charge in [0.2, 0.25) is 0 Å². The third-order valence-electron chi connectivity index (χ3n) is 2.46. The van der Waals surface area contributed by atoms with E-state index in [0.29, 0.717) is 17.2 Å². The Bertz CT molecular complexity index is 514. The highest BCUT2D eigenvalue weighted by Crippen LogP contribution is 2.14. The van der Waals surface area contributed by atoms with Crippen molar-refractivity contribution in [3.63, 3.8) is 0 Å². The molecule has 1 heterocycles. The molecule has 0 radical (unpaired) electrons. The van der Waals surface area contributed by atoms with Crippen LogP contribution in [-0.2, 0) is 11.3 Å². The van der Waals surface area contributed by atoms with Crippen molar-refractivity contribution in [1.82, 2.24) is 5.16 Å². The fourth-order valence-electron chi connectivity index (χ4n) is 1.45. The first-order valence-corrected chi connectivity index (χ1v) is 5.48. The summed E-state index contributed by atoms with van der Waals surface area (Å²) in [5.74, 6) is 1.08. The van der Waals surface area contributed by atoms with Gasteiger partial charge in [0.05, 0.1) is 11.3 Å². The van der Waals surface area contributed by atoms with Gasteiger partial charge in [-0.25, -0.2) is 4.79 Å². The Kier molecular flexibility index (Phi) is 3.62. The monoisotopic (exact) mass is 247 g/mol. The summed E-state index contributed by atoms with van der Waals surface area (Å²) in [6, 6.07) is 8.74.